The highest BCUT2D eigenvalue weighted by Crippen LogP contribution is 2.39. The smallest absolute Gasteiger partial charge is 0.219 e. The van der Waals surface area contributed by atoms with Gasteiger partial charge in [0.15, 0.2) is 0 Å². The van der Waals surface area contributed by atoms with E-state index < -0.39 is 0 Å². The number of rotatable bonds is 4. The van der Waals surface area contributed by atoms with Crippen molar-refractivity contribution in [2.75, 3.05) is 6.54 Å². The first-order valence-corrected chi connectivity index (χ1v) is 6.65. The normalized spacial score (nSPS) is 19.8. The largest absolute Gasteiger partial charge is 0.337 e. The summed E-state index contributed by atoms with van der Waals surface area (Å²) in [5.41, 5.74) is 0.161. The van der Waals surface area contributed by atoms with Crippen LogP contribution in [-0.2, 0) is 4.79 Å². The van der Waals surface area contributed by atoms with Gasteiger partial charge in [-0.1, -0.05) is 27.7 Å². The number of carbonyl (C=O) groups excluding carboxylic acids is 1. The Morgan fingerprint density at radius 1 is 1.19 bits per heavy atom. The average molecular weight is 225 g/mol. The van der Waals surface area contributed by atoms with Crippen LogP contribution in [0.4, 0.5) is 0 Å². The fraction of sp³-hybridized carbons (Fsp3) is 0.929. The maximum atomic E-state index is 11.8. The van der Waals surface area contributed by atoms with Crippen LogP contribution in [0.5, 0.6) is 0 Å². The van der Waals surface area contributed by atoms with Crippen LogP contribution in [0, 0.1) is 11.8 Å². The molecule has 2 heteroatoms. The number of nitrogens with zero attached hydrogens (tertiary/aromatic N) is 1. The van der Waals surface area contributed by atoms with Gasteiger partial charge in [0.25, 0.3) is 0 Å². The quantitative estimate of drug-likeness (QED) is 0.717. The molecule has 0 atom stereocenters. The fourth-order valence-corrected chi connectivity index (χ4v) is 3.46. The Labute approximate surface area is 100 Å². The van der Waals surface area contributed by atoms with Crippen LogP contribution in [0.1, 0.15) is 60.3 Å². The Hall–Kier alpha value is -0.530. The molecule has 1 heterocycles. The van der Waals surface area contributed by atoms with Gasteiger partial charge in [0.2, 0.25) is 5.91 Å². The molecule has 0 N–H and O–H groups in total. The van der Waals surface area contributed by atoms with E-state index in [1.807, 2.05) is 0 Å². The molecule has 1 fully saturated rings. The number of likely N-dealkylation sites (tertiary alicyclic amines) is 1. The highest BCUT2D eigenvalue weighted by atomic mass is 16.2. The van der Waals surface area contributed by atoms with E-state index in [0.717, 1.165) is 19.4 Å². The number of hydrogen-bond donors (Lipinski definition) is 0. The van der Waals surface area contributed by atoms with Gasteiger partial charge in [-0.3, -0.25) is 4.79 Å². The third-order valence-electron chi connectivity index (χ3n) is 3.55. The summed E-state index contributed by atoms with van der Waals surface area (Å²) in [6, 6.07) is 0. The highest BCUT2D eigenvalue weighted by molar-refractivity contribution is 5.74. The maximum absolute atomic E-state index is 11.8. The summed E-state index contributed by atoms with van der Waals surface area (Å²) in [6.45, 7) is 11.7. The topological polar surface area (TPSA) is 20.3 Å². The Bertz CT molecular complexity index is 235. The van der Waals surface area contributed by atoms with Gasteiger partial charge in [-0.05, 0) is 37.5 Å². The van der Waals surface area contributed by atoms with E-state index in [4.69, 9.17) is 0 Å². The molecule has 1 amide bonds. The number of carbonyl (C=O) groups is 1. The molecule has 16 heavy (non-hydrogen) atoms. The molecule has 0 aromatic rings. The summed E-state index contributed by atoms with van der Waals surface area (Å²) < 4.78 is 0. The Morgan fingerprint density at radius 2 is 1.69 bits per heavy atom. The lowest BCUT2D eigenvalue weighted by atomic mass is 9.80. The lowest BCUT2D eigenvalue weighted by Crippen LogP contribution is -2.48. The van der Waals surface area contributed by atoms with Crippen molar-refractivity contribution in [3.63, 3.8) is 0 Å². The van der Waals surface area contributed by atoms with Crippen LogP contribution in [-0.4, -0.2) is 22.9 Å². The van der Waals surface area contributed by atoms with Crippen molar-refractivity contribution in [3.05, 3.63) is 0 Å². The first-order valence-electron chi connectivity index (χ1n) is 6.65. The van der Waals surface area contributed by atoms with Crippen LogP contribution >= 0.6 is 0 Å². The molecule has 0 unspecified atom stereocenters. The minimum absolute atomic E-state index is 0.161. The van der Waals surface area contributed by atoms with E-state index in [-0.39, 0.29) is 11.4 Å². The first kappa shape index (κ1) is 13.5. The van der Waals surface area contributed by atoms with Crippen LogP contribution in [0.25, 0.3) is 0 Å². The second-order valence-corrected chi connectivity index (χ2v) is 6.19. The van der Waals surface area contributed by atoms with Crippen molar-refractivity contribution in [3.8, 4) is 0 Å². The van der Waals surface area contributed by atoms with Gasteiger partial charge in [-0.25, -0.2) is 0 Å². The van der Waals surface area contributed by atoms with E-state index in [9.17, 15) is 4.79 Å². The fourth-order valence-electron chi connectivity index (χ4n) is 3.46. The van der Waals surface area contributed by atoms with Crippen LogP contribution in [0.2, 0.25) is 0 Å². The first-order chi connectivity index (χ1) is 7.37. The molecule has 94 valence electrons. The third-order valence-corrected chi connectivity index (χ3v) is 3.55. The zero-order valence-corrected chi connectivity index (χ0v) is 11.5. The Kier molecular flexibility index (Phi) is 4.40. The molecule has 1 aliphatic heterocycles. The second-order valence-electron chi connectivity index (χ2n) is 6.19. The molecule has 0 bridgehead atoms. The minimum atomic E-state index is 0.161. The second kappa shape index (κ2) is 5.20. The van der Waals surface area contributed by atoms with Crippen molar-refractivity contribution in [2.45, 2.75) is 65.8 Å². The summed E-state index contributed by atoms with van der Waals surface area (Å²) in [7, 11) is 0. The molecule has 1 rings (SSSR count). The SMILES string of the molecule is CC(=O)N1CCCC1(CC(C)C)CC(C)C. The van der Waals surface area contributed by atoms with E-state index >= 15 is 0 Å². The number of amides is 1. The lowest BCUT2D eigenvalue weighted by molar-refractivity contribution is -0.134. The molecule has 0 aromatic carbocycles. The average Bonchev–Trinajstić information content (AvgIpc) is 2.45. The van der Waals surface area contributed by atoms with Gasteiger partial charge < -0.3 is 4.90 Å². The lowest BCUT2D eigenvalue weighted by Gasteiger charge is -2.41. The Morgan fingerprint density at radius 3 is 2.06 bits per heavy atom. The molecule has 1 aliphatic rings. The van der Waals surface area contributed by atoms with Crippen molar-refractivity contribution in [2.24, 2.45) is 11.8 Å². The van der Waals surface area contributed by atoms with Crippen molar-refractivity contribution < 1.29 is 4.79 Å². The minimum Gasteiger partial charge on any atom is -0.337 e. The molecular formula is C14H27NO. The van der Waals surface area contributed by atoms with Gasteiger partial charge in [-0.2, -0.15) is 0 Å². The van der Waals surface area contributed by atoms with E-state index in [1.54, 1.807) is 6.92 Å². The van der Waals surface area contributed by atoms with Crippen LogP contribution in [0.15, 0.2) is 0 Å². The molecular weight excluding hydrogens is 198 g/mol. The van der Waals surface area contributed by atoms with Gasteiger partial charge in [0.05, 0.1) is 0 Å². The van der Waals surface area contributed by atoms with E-state index in [0.29, 0.717) is 11.8 Å². The monoisotopic (exact) mass is 225 g/mol. The van der Waals surface area contributed by atoms with E-state index in [1.165, 1.54) is 12.8 Å². The Balaban J connectivity index is 2.87. The zero-order chi connectivity index (χ0) is 12.3. The highest BCUT2D eigenvalue weighted by Gasteiger charge is 2.42. The molecule has 0 aliphatic carbocycles. The zero-order valence-electron chi connectivity index (χ0n) is 11.5. The van der Waals surface area contributed by atoms with Gasteiger partial charge in [0, 0.05) is 19.0 Å². The standard InChI is InChI=1S/C14H27NO/c1-11(2)9-14(10-12(3)4)7-6-8-15(14)13(5)16/h11-12H,6-10H2,1-5H3. The van der Waals surface area contributed by atoms with E-state index in [2.05, 4.69) is 32.6 Å². The summed E-state index contributed by atoms with van der Waals surface area (Å²) in [4.78, 5) is 13.9. The third kappa shape index (κ3) is 2.99. The maximum Gasteiger partial charge on any atom is 0.219 e. The van der Waals surface area contributed by atoms with Crippen molar-refractivity contribution in [1.82, 2.24) is 4.90 Å². The summed E-state index contributed by atoms with van der Waals surface area (Å²) in [6.07, 6.45) is 4.69. The summed E-state index contributed by atoms with van der Waals surface area (Å²) in [5.74, 6) is 1.59. The van der Waals surface area contributed by atoms with Crippen LogP contribution in [0.3, 0.4) is 0 Å². The predicted molar refractivity (Wildman–Crippen MR) is 68.3 cm³/mol. The van der Waals surface area contributed by atoms with Crippen molar-refractivity contribution in [1.29, 1.82) is 0 Å². The molecule has 0 aromatic heterocycles. The predicted octanol–water partition coefficient (Wildman–Crippen LogP) is 3.46. The molecule has 0 spiro atoms. The molecule has 1 saturated heterocycles. The molecule has 0 radical (unpaired) electrons. The van der Waals surface area contributed by atoms with Gasteiger partial charge in [0.1, 0.15) is 0 Å². The number of hydrogen-bond acceptors (Lipinski definition) is 1. The molecule has 2 nitrogen and oxygen atoms in total. The molecule has 0 saturated carbocycles. The van der Waals surface area contributed by atoms with Gasteiger partial charge in [-0.15, -0.1) is 0 Å². The summed E-state index contributed by atoms with van der Waals surface area (Å²) >= 11 is 0. The van der Waals surface area contributed by atoms with Crippen LogP contribution < -0.4 is 0 Å². The van der Waals surface area contributed by atoms with Gasteiger partial charge >= 0.3 is 0 Å². The van der Waals surface area contributed by atoms with Crippen molar-refractivity contribution >= 4 is 5.91 Å². The summed E-state index contributed by atoms with van der Waals surface area (Å²) in [5, 5.41) is 0.